The van der Waals surface area contributed by atoms with Gasteiger partial charge in [-0.15, -0.1) is 0 Å². The summed E-state index contributed by atoms with van der Waals surface area (Å²) < 4.78 is 1.74. The number of pyridine rings is 1. The van der Waals surface area contributed by atoms with Gasteiger partial charge in [0.1, 0.15) is 0 Å². The lowest BCUT2D eigenvalue weighted by Crippen LogP contribution is -2.27. The van der Waals surface area contributed by atoms with Crippen molar-refractivity contribution >= 4 is 0 Å². The van der Waals surface area contributed by atoms with Crippen molar-refractivity contribution in [2.24, 2.45) is 11.1 Å². The third kappa shape index (κ3) is 3.51. The molecule has 0 aliphatic rings. The first-order valence-electron chi connectivity index (χ1n) is 5.32. The predicted octanol–water partition coefficient (Wildman–Crippen LogP) is 1.53. The molecule has 84 valence electrons. The van der Waals surface area contributed by atoms with Gasteiger partial charge in [-0.1, -0.05) is 13.8 Å². The Bertz CT molecular complexity index is 379. The van der Waals surface area contributed by atoms with Gasteiger partial charge >= 0.3 is 0 Å². The van der Waals surface area contributed by atoms with E-state index in [2.05, 4.69) is 13.8 Å². The van der Waals surface area contributed by atoms with Crippen molar-refractivity contribution in [3.63, 3.8) is 0 Å². The third-order valence-electron chi connectivity index (χ3n) is 2.73. The zero-order valence-corrected chi connectivity index (χ0v) is 9.79. The van der Waals surface area contributed by atoms with Crippen LogP contribution in [0, 0.1) is 12.3 Å². The van der Waals surface area contributed by atoms with Crippen molar-refractivity contribution in [1.29, 1.82) is 0 Å². The average molecular weight is 208 g/mol. The number of aromatic nitrogens is 1. The van der Waals surface area contributed by atoms with E-state index in [0.29, 0.717) is 6.54 Å². The zero-order chi connectivity index (χ0) is 11.5. The van der Waals surface area contributed by atoms with Crippen molar-refractivity contribution in [3.05, 3.63) is 34.2 Å². The van der Waals surface area contributed by atoms with E-state index in [9.17, 15) is 4.79 Å². The van der Waals surface area contributed by atoms with Crippen molar-refractivity contribution in [3.8, 4) is 0 Å². The van der Waals surface area contributed by atoms with Gasteiger partial charge in [0.25, 0.3) is 5.56 Å². The molecule has 3 heteroatoms. The molecule has 0 saturated carbocycles. The highest BCUT2D eigenvalue weighted by Crippen LogP contribution is 2.18. The van der Waals surface area contributed by atoms with Crippen LogP contribution in [0.25, 0.3) is 0 Å². The standard InChI is InChI=1S/C12H20N2O/c1-10-4-6-14(11(15)8-10)7-5-12(2,3)9-13/h4,6,8H,5,7,9,13H2,1-3H3. The number of hydrogen-bond acceptors (Lipinski definition) is 2. The van der Waals surface area contributed by atoms with Gasteiger partial charge in [-0.3, -0.25) is 4.79 Å². The maximum absolute atomic E-state index is 11.6. The fourth-order valence-electron chi connectivity index (χ4n) is 1.32. The van der Waals surface area contributed by atoms with E-state index in [4.69, 9.17) is 5.73 Å². The molecule has 0 amide bonds. The fraction of sp³-hybridized carbons (Fsp3) is 0.583. The third-order valence-corrected chi connectivity index (χ3v) is 2.73. The molecule has 3 nitrogen and oxygen atoms in total. The lowest BCUT2D eigenvalue weighted by atomic mass is 9.90. The van der Waals surface area contributed by atoms with E-state index >= 15 is 0 Å². The van der Waals surface area contributed by atoms with Crippen LogP contribution >= 0.6 is 0 Å². The fourth-order valence-corrected chi connectivity index (χ4v) is 1.32. The maximum Gasteiger partial charge on any atom is 0.250 e. The quantitative estimate of drug-likeness (QED) is 0.815. The van der Waals surface area contributed by atoms with E-state index in [1.165, 1.54) is 0 Å². The zero-order valence-electron chi connectivity index (χ0n) is 9.79. The Labute approximate surface area is 90.9 Å². The molecular formula is C12H20N2O. The van der Waals surface area contributed by atoms with Crippen molar-refractivity contribution < 1.29 is 0 Å². The predicted molar refractivity (Wildman–Crippen MR) is 62.9 cm³/mol. The molecule has 0 unspecified atom stereocenters. The molecule has 2 N–H and O–H groups in total. The Balaban J connectivity index is 2.70. The molecular weight excluding hydrogens is 188 g/mol. The summed E-state index contributed by atoms with van der Waals surface area (Å²) in [6.07, 6.45) is 2.77. The molecule has 1 aromatic heterocycles. The van der Waals surface area contributed by atoms with Gasteiger partial charge in [-0.2, -0.15) is 0 Å². The van der Waals surface area contributed by atoms with Crippen LogP contribution in [-0.4, -0.2) is 11.1 Å². The lowest BCUT2D eigenvalue weighted by molar-refractivity contribution is 0.322. The summed E-state index contributed by atoms with van der Waals surface area (Å²) in [6.45, 7) is 7.55. The van der Waals surface area contributed by atoms with Gasteiger partial charge in [0.2, 0.25) is 0 Å². The summed E-state index contributed by atoms with van der Waals surface area (Å²) in [4.78, 5) is 11.6. The van der Waals surface area contributed by atoms with Crippen molar-refractivity contribution in [2.45, 2.75) is 33.7 Å². The van der Waals surface area contributed by atoms with Crippen LogP contribution in [0.3, 0.4) is 0 Å². The van der Waals surface area contributed by atoms with E-state index in [1.807, 2.05) is 19.2 Å². The molecule has 0 radical (unpaired) electrons. The number of rotatable bonds is 4. The van der Waals surface area contributed by atoms with E-state index < -0.39 is 0 Å². The van der Waals surface area contributed by atoms with Crippen LogP contribution in [0.5, 0.6) is 0 Å². The summed E-state index contributed by atoms with van der Waals surface area (Å²) in [5, 5.41) is 0. The molecule has 0 saturated heterocycles. The second-order valence-electron chi connectivity index (χ2n) is 4.85. The lowest BCUT2D eigenvalue weighted by Gasteiger charge is -2.22. The van der Waals surface area contributed by atoms with Crippen LogP contribution in [0.15, 0.2) is 23.1 Å². The van der Waals surface area contributed by atoms with Gasteiger partial charge < -0.3 is 10.3 Å². The molecule has 0 fully saturated rings. The van der Waals surface area contributed by atoms with Crippen LogP contribution in [0.2, 0.25) is 0 Å². The summed E-state index contributed by atoms with van der Waals surface area (Å²) in [5.41, 5.74) is 6.83. The molecule has 1 rings (SSSR count). The first kappa shape index (κ1) is 12.0. The number of nitrogens with two attached hydrogens (primary N) is 1. The van der Waals surface area contributed by atoms with Gasteiger partial charge in [-0.25, -0.2) is 0 Å². The molecule has 0 atom stereocenters. The second kappa shape index (κ2) is 4.62. The Morgan fingerprint density at radius 1 is 1.47 bits per heavy atom. The average Bonchev–Trinajstić information content (AvgIpc) is 2.16. The largest absolute Gasteiger partial charge is 0.330 e. The highest BCUT2D eigenvalue weighted by atomic mass is 16.1. The Hall–Kier alpha value is -1.09. The monoisotopic (exact) mass is 208 g/mol. The van der Waals surface area contributed by atoms with E-state index in [0.717, 1.165) is 18.5 Å². The minimum absolute atomic E-state index is 0.0721. The summed E-state index contributed by atoms with van der Waals surface area (Å²) in [5.74, 6) is 0. The minimum atomic E-state index is 0.0721. The highest BCUT2D eigenvalue weighted by Gasteiger charge is 2.15. The maximum atomic E-state index is 11.6. The molecule has 0 aliphatic carbocycles. The first-order valence-corrected chi connectivity index (χ1v) is 5.32. The normalized spacial score (nSPS) is 11.7. The Kier molecular flexibility index (Phi) is 3.69. The molecule has 0 aromatic carbocycles. The second-order valence-corrected chi connectivity index (χ2v) is 4.85. The Morgan fingerprint density at radius 3 is 2.67 bits per heavy atom. The molecule has 1 aromatic rings. The van der Waals surface area contributed by atoms with E-state index in [1.54, 1.807) is 10.6 Å². The van der Waals surface area contributed by atoms with Crippen LogP contribution in [0.4, 0.5) is 0 Å². The topological polar surface area (TPSA) is 48.0 Å². The van der Waals surface area contributed by atoms with Crippen molar-refractivity contribution in [1.82, 2.24) is 4.57 Å². The number of nitrogens with zero attached hydrogens (tertiary/aromatic N) is 1. The minimum Gasteiger partial charge on any atom is -0.330 e. The number of aryl methyl sites for hydroxylation is 2. The summed E-state index contributed by atoms with van der Waals surface area (Å²) >= 11 is 0. The molecule has 15 heavy (non-hydrogen) atoms. The first-order chi connectivity index (χ1) is 6.94. The molecule has 0 bridgehead atoms. The van der Waals surface area contributed by atoms with Gasteiger partial charge in [0.15, 0.2) is 0 Å². The molecule has 0 spiro atoms. The summed E-state index contributed by atoms with van der Waals surface area (Å²) in [6, 6.07) is 3.62. The number of hydrogen-bond donors (Lipinski definition) is 1. The Morgan fingerprint density at radius 2 is 2.13 bits per heavy atom. The van der Waals surface area contributed by atoms with Crippen LogP contribution < -0.4 is 11.3 Å². The smallest absolute Gasteiger partial charge is 0.250 e. The van der Waals surface area contributed by atoms with Crippen LogP contribution in [-0.2, 0) is 6.54 Å². The van der Waals surface area contributed by atoms with Gasteiger partial charge in [-0.05, 0) is 36.9 Å². The van der Waals surface area contributed by atoms with Gasteiger partial charge in [0, 0.05) is 18.8 Å². The molecule has 0 aliphatic heterocycles. The summed E-state index contributed by atoms with van der Waals surface area (Å²) in [7, 11) is 0. The highest BCUT2D eigenvalue weighted by molar-refractivity contribution is 5.07. The van der Waals surface area contributed by atoms with Gasteiger partial charge in [0.05, 0.1) is 0 Å². The SMILES string of the molecule is Cc1ccn(CCC(C)(C)CN)c(=O)c1. The van der Waals surface area contributed by atoms with Crippen LogP contribution in [0.1, 0.15) is 25.8 Å². The molecule has 1 heterocycles. The van der Waals surface area contributed by atoms with E-state index in [-0.39, 0.29) is 11.0 Å². The van der Waals surface area contributed by atoms with Crippen molar-refractivity contribution in [2.75, 3.05) is 6.54 Å².